The van der Waals surface area contributed by atoms with Crippen LogP contribution in [0.2, 0.25) is 0 Å². The first kappa shape index (κ1) is 19.0. The van der Waals surface area contributed by atoms with Crippen molar-refractivity contribution in [3.63, 3.8) is 0 Å². The smallest absolute Gasteiger partial charge is 0.226 e. The van der Waals surface area contributed by atoms with Crippen molar-refractivity contribution in [2.24, 2.45) is 0 Å². The summed E-state index contributed by atoms with van der Waals surface area (Å²) in [6, 6.07) is 24.2. The van der Waals surface area contributed by atoms with Gasteiger partial charge in [-0.25, -0.2) is 4.98 Å². The fourth-order valence-corrected chi connectivity index (χ4v) is 3.93. The van der Waals surface area contributed by atoms with Gasteiger partial charge in [-0.3, -0.25) is 9.78 Å². The zero-order chi connectivity index (χ0) is 20.1. The average Bonchev–Trinajstić information content (AvgIpc) is 3.23. The van der Waals surface area contributed by atoms with E-state index in [4.69, 9.17) is 0 Å². The first-order valence-electron chi connectivity index (χ1n) is 9.49. The molecule has 0 aliphatic rings. The van der Waals surface area contributed by atoms with Gasteiger partial charge in [-0.15, -0.1) is 11.3 Å². The number of carbonyl (C=O) groups is 1. The van der Waals surface area contributed by atoms with Gasteiger partial charge in [0, 0.05) is 11.6 Å². The van der Waals surface area contributed by atoms with Crippen molar-refractivity contribution < 1.29 is 4.79 Å². The van der Waals surface area contributed by atoms with E-state index in [9.17, 15) is 4.79 Å². The fraction of sp³-hybridized carbons (Fsp3) is 0.125. The molecule has 0 saturated heterocycles. The molecule has 5 heteroatoms. The average molecular weight is 400 g/mol. The number of benzene rings is 2. The van der Waals surface area contributed by atoms with Crippen LogP contribution in [0.4, 0.5) is 0 Å². The number of hydrogen-bond acceptors (Lipinski definition) is 4. The van der Waals surface area contributed by atoms with Crippen molar-refractivity contribution in [3.8, 4) is 21.8 Å². The first-order valence-corrected chi connectivity index (χ1v) is 10.4. The highest BCUT2D eigenvalue weighted by Gasteiger charge is 2.13. The highest BCUT2D eigenvalue weighted by molar-refractivity contribution is 7.13. The second-order valence-electron chi connectivity index (χ2n) is 6.81. The molecule has 0 fully saturated rings. The number of pyridine rings is 1. The molecule has 0 saturated carbocycles. The predicted octanol–water partition coefficient (Wildman–Crippen LogP) is 5.29. The molecule has 2 aromatic carbocycles. The van der Waals surface area contributed by atoms with E-state index in [0.717, 1.165) is 27.5 Å². The van der Waals surface area contributed by atoms with Gasteiger partial charge in [0.15, 0.2) is 0 Å². The number of hydrogen-bond donors (Lipinski definition) is 1. The van der Waals surface area contributed by atoms with E-state index in [1.807, 2.05) is 48.7 Å². The highest BCUT2D eigenvalue weighted by Crippen LogP contribution is 2.23. The van der Waals surface area contributed by atoms with E-state index in [1.54, 1.807) is 6.20 Å². The first-order chi connectivity index (χ1) is 14.2. The lowest BCUT2D eigenvalue weighted by atomic mass is 10.0. The molecule has 4 nitrogen and oxygen atoms in total. The molecule has 4 aromatic rings. The summed E-state index contributed by atoms with van der Waals surface area (Å²) >= 11 is 1.51. The van der Waals surface area contributed by atoms with Gasteiger partial charge in [0.25, 0.3) is 0 Å². The lowest BCUT2D eigenvalue weighted by Gasteiger charge is -2.14. The van der Waals surface area contributed by atoms with Gasteiger partial charge in [0.05, 0.1) is 23.9 Å². The van der Waals surface area contributed by atoms with E-state index in [1.165, 1.54) is 16.9 Å². The molecule has 0 aliphatic carbocycles. The largest absolute Gasteiger partial charge is 0.349 e. The molecule has 1 unspecified atom stereocenters. The van der Waals surface area contributed by atoms with Gasteiger partial charge in [-0.2, -0.15) is 0 Å². The summed E-state index contributed by atoms with van der Waals surface area (Å²) in [5.74, 6) is -0.0393. The highest BCUT2D eigenvalue weighted by atomic mass is 32.1. The second kappa shape index (κ2) is 8.80. The quantitative estimate of drug-likeness (QED) is 0.479. The molecule has 0 radical (unpaired) electrons. The van der Waals surface area contributed by atoms with Crippen LogP contribution in [0.25, 0.3) is 21.8 Å². The van der Waals surface area contributed by atoms with Crippen LogP contribution in [0.1, 0.15) is 24.2 Å². The van der Waals surface area contributed by atoms with E-state index < -0.39 is 0 Å². The van der Waals surface area contributed by atoms with Crippen LogP contribution in [-0.4, -0.2) is 15.9 Å². The van der Waals surface area contributed by atoms with Crippen molar-refractivity contribution in [2.45, 2.75) is 19.4 Å². The number of nitrogens with one attached hydrogen (secondary N) is 1. The molecule has 29 heavy (non-hydrogen) atoms. The Hall–Kier alpha value is -3.31. The Labute approximate surface area is 174 Å². The van der Waals surface area contributed by atoms with Gasteiger partial charge in [0.2, 0.25) is 5.91 Å². The van der Waals surface area contributed by atoms with Crippen molar-refractivity contribution in [3.05, 3.63) is 95.6 Å². The second-order valence-corrected chi connectivity index (χ2v) is 7.67. The van der Waals surface area contributed by atoms with Gasteiger partial charge in [-0.1, -0.05) is 60.7 Å². The fourth-order valence-electron chi connectivity index (χ4n) is 3.13. The summed E-state index contributed by atoms with van der Waals surface area (Å²) in [5.41, 5.74) is 5.02. The monoisotopic (exact) mass is 399 g/mol. The molecule has 1 N–H and O–H groups in total. The molecule has 2 heterocycles. The van der Waals surface area contributed by atoms with Crippen molar-refractivity contribution in [1.29, 1.82) is 0 Å². The third-order valence-electron chi connectivity index (χ3n) is 4.67. The summed E-state index contributed by atoms with van der Waals surface area (Å²) in [7, 11) is 0. The topological polar surface area (TPSA) is 54.9 Å². The molecule has 0 aliphatic heterocycles. The normalized spacial score (nSPS) is 11.8. The molecular weight excluding hydrogens is 378 g/mol. The summed E-state index contributed by atoms with van der Waals surface area (Å²) < 4.78 is 0. The Morgan fingerprint density at radius 2 is 1.69 bits per heavy atom. The third kappa shape index (κ3) is 4.76. The number of amides is 1. The Balaban J connectivity index is 1.37. The zero-order valence-corrected chi connectivity index (χ0v) is 16.9. The van der Waals surface area contributed by atoms with E-state index >= 15 is 0 Å². The minimum absolute atomic E-state index is 0.0393. The standard InChI is InChI=1S/C24H21N3OS/c1-17(18-10-12-20(13-11-18)19-7-3-2-4-8-19)26-23(28)15-21-16-29-24(27-21)22-9-5-6-14-25-22/h2-14,16-17H,15H2,1H3,(H,26,28). The Morgan fingerprint density at radius 3 is 2.41 bits per heavy atom. The van der Waals surface area contributed by atoms with Crippen LogP contribution >= 0.6 is 11.3 Å². The maximum absolute atomic E-state index is 12.5. The van der Waals surface area contributed by atoms with Crippen LogP contribution in [0.5, 0.6) is 0 Å². The number of nitrogens with zero attached hydrogens (tertiary/aromatic N) is 2. The van der Waals surface area contributed by atoms with Crippen LogP contribution in [0, 0.1) is 0 Å². The summed E-state index contributed by atoms with van der Waals surface area (Å²) in [6.07, 6.45) is 2.00. The molecule has 1 amide bonds. The Bertz CT molecular complexity index is 1080. The van der Waals surface area contributed by atoms with Gasteiger partial charge in [0.1, 0.15) is 5.01 Å². The van der Waals surface area contributed by atoms with E-state index in [0.29, 0.717) is 0 Å². The van der Waals surface area contributed by atoms with Gasteiger partial charge in [-0.05, 0) is 35.7 Å². The van der Waals surface area contributed by atoms with Crippen LogP contribution in [0.15, 0.2) is 84.4 Å². The molecule has 4 rings (SSSR count). The van der Waals surface area contributed by atoms with Crippen molar-refractivity contribution in [1.82, 2.24) is 15.3 Å². The van der Waals surface area contributed by atoms with E-state index in [2.05, 4.69) is 51.7 Å². The maximum atomic E-state index is 12.5. The number of rotatable bonds is 6. The lowest BCUT2D eigenvalue weighted by Crippen LogP contribution is -2.28. The summed E-state index contributed by atoms with van der Waals surface area (Å²) in [6.45, 7) is 2.00. The Kier molecular flexibility index (Phi) is 5.77. The summed E-state index contributed by atoms with van der Waals surface area (Å²) in [4.78, 5) is 21.3. The molecule has 1 atom stereocenters. The van der Waals surface area contributed by atoms with Gasteiger partial charge < -0.3 is 5.32 Å². The molecule has 0 bridgehead atoms. The predicted molar refractivity (Wildman–Crippen MR) is 117 cm³/mol. The van der Waals surface area contributed by atoms with Crippen molar-refractivity contribution in [2.75, 3.05) is 0 Å². The van der Waals surface area contributed by atoms with Crippen LogP contribution < -0.4 is 5.32 Å². The molecule has 2 aromatic heterocycles. The maximum Gasteiger partial charge on any atom is 0.226 e. The van der Waals surface area contributed by atoms with Crippen LogP contribution in [0.3, 0.4) is 0 Å². The zero-order valence-electron chi connectivity index (χ0n) is 16.1. The van der Waals surface area contributed by atoms with Crippen LogP contribution in [-0.2, 0) is 11.2 Å². The minimum atomic E-state index is -0.0683. The molecule has 144 valence electrons. The number of thiazole rings is 1. The molecular formula is C24H21N3OS. The minimum Gasteiger partial charge on any atom is -0.349 e. The van der Waals surface area contributed by atoms with Crippen molar-refractivity contribution >= 4 is 17.2 Å². The van der Waals surface area contributed by atoms with E-state index in [-0.39, 0.29) is 18.4 Å². The number of aromatic nitrogens is 2. The Morgan fingerprint density at radius 1 is 0.966 bits per heavy atom. The molecule has 0 spiro atoms. The number of carbonyl (C=O) groups excluding carboxylic acids is 1. The third-order valence-corrected chi connectivity index (χ3v) is 5.59. The lowest BCUT2D eigenvalue weighted by molar-refractivity contribution is -0.121. The van der Waals surface area contributed by atoms with Gasteiger partial charge >= 0.3 is 0 Å². The SMILES string of the molecule is CC(NC(=O)Cc1csc(-c2ccccn2)n1)c1ccc(-c2ccccc2)cc1. The summed E-state index contributed by atoms with van der Waals surface area (Å²) in [5, 5.41) is 5.81.